The zero-order chi connectivity index (χ0) is 20.5. The van der Waals surface area contributed by atoms with Crippen molar-refractivity contribution in [3.05, 3.63) is 72.3 Å². The topological polar surface area (TPSA) is 50.1 Å². The van der Waals surface area contributed by atoms with Gasteiger partial charge in [0.05, 0.1) is 5.69 Å². The summed E-state index contributed by atoms with van der Waals surface area (Å²) in [7, 11) is 2.19. The number of nitrogens with zero attached hydrogens (tertiary/aromatic N) is 6. The zero-order valence-corrected chi connectivity index (χ0v) is 17.5. The number of imidazole rings is 1. The van der Waals surface area contributed by atoms with Gasteiger partial charge < -0.3 is 4.90 Å². The van der Waals surface area contributed by atoms with Gasteiger partial charge in [-0.2, -0.15) is 0 Å². The van der Waals surface area contributed by atoms with Gasteiger partial charge in [-0.15, -0.1) is 0 Å². The van der Waals surface area contributed by atoms with Crippen molar-refractivity contribution in [1.82, 2.24) is 29.3 Å². The Labute approximate surface area is 176 Å². The van der Waals surface area contributed by atoms with Crippen molar-refractivity contribution < 1.29 is 0 Å². The molecule has 6 nitrogen and oxygen atoms in total. The van der Waals surface area contributed by atoms with Crippen LogP contribution in [0, 0.1) is 6.92 Å². The molecule has 1 saturated heterocycles. The Bertz CT molecular complexity index is 1140. The number of piperazine rings is 1. The van der Waals surface area contributed by atoms with Gasteiger partial charge in [-0.1, -0.05) is 12.1 Å². The van der Waals surface area contributed by atoms with Crippen LogP contribution in [0.1, 0.15) is 11.4 Å². The molecule has 0 amide bonds. The molecule has 0 aliphatic carbocycles. The molecule has 0 saturated carbocycles. The van der Waals surface area contributed by atoms with E-state index in [4.69, 9.17) is 9.97 Å². The van der Waals surface area contributed by atoms with Crippen LogP contribution in [0.15, 0.2) is 60.9 Å². The lowest BCUT2D eigenvalue weighted by atomic mass is 10.1. The van der Waals surface area contributed by atoms with E-state index in [1.54, 1.807) is 12.4 Å². The average molecular weight is 399 g/mol. The first-order valence-corrected chi connectivity index (χ1v) is 10.4. The lowest BCUT2D eigenvalue weighted by Gasteiger charge is -2.32. The fourth-order valence-corrected chi connectivity index (χ4v) is 4.08. The van der Waals surface area contributed by atoms with Gasteiger partial charge >= 0.3 is 0 Å². The normalized spacial score (nSPS) is 15.7. The van der Waals surface area contributed by atoms with Gasteiger partial charge in [-0.25, -0.2) is 9.97 Å². The van der Waals surface area contributed by atoms with Crippen LogP contribution in [0.4, 0.5) is 0 Å². The van der Waals surface area contributed by atoms with Crippen LogP contribution in [0.2, 0.25) is 0 Å². The van der Waals surface area contributed by atoms with Gasteiger partial charge in [-0.3, -0.25) is 14.5 Å². The van der Waals surface area contributed by atoms with E-state index in [1.165, 1.54) is 5.56 Å². The zero-order valence-electron chi connectivity index (χ0n) is 17.5. The average Bonchev–Trinajstić information content (AvgIpc) is 3.11. The Morgan fingerprint density at radius 1 is 0.833 bits per heavy atom. The van der Waals surface area contributed by atoms with Crippen LogP contribution < -0.4 is 0 Å². The van der Waals surface area contributed by atoms with Crippen molar-refractivity contribution in [1.29, 1.82) is 0 Å². The van der Waals surface area contributed by atoms with Crippen LogP contribution in [0.25, 0.3) is 28.1 Å². The van der Waals surface area contributed by atoms with E-state index in [2.05, 4.69) is 50.7 Å². The third kappa shape index (κ3) is 3.72. The molecule has 1 aliphatic rings. The van der Waals surface area contributed by atoms with E-state index in [0.717, 1.165) is 66.7 Å². The molecule has 4 aromatic rings. The number of rotatable bonds is 4. The first-order chi connectivity index (χ1) is 14.7. The van der Waals surface area contributed by atoms with Crippen molar-refractivity contribution in [2.75, 3.05) is 33.2 Å². The second-order valence-electron chi connectivity index (χ2n) is 8.02. The first-order valence-electron chi connectivity index (χ1n) is 10.4. The maximum absolute atomic E-state index is 4.93. The van der Waals surface area contributed by atoms with Gasteiger partial charge in [0.15, 0.2) is 5.65 Å². The molecule has 1 fully saturated rings. The molecule has 4 heterocycles. The third-order valence-corrected chi connectivity index (χ3v) is 5.84. The van der Waals surface area contributed by atoms with E-state index < -0.39 is 0 Å². The molecule has 3 aromatic heterocycles. The first kappa shape index (κ1) is 18.9. The Morgan fingerprint density at radius 3 is 2.30 bits per heavy atom. The number of benzene rings is 1. The molecule has 5 rings (SSSR count). The van der Waals surface area contributed by atoms with Crippen LogP contribution in [0.3, 0.4) is 0 Å². The smallest absolute Gasteiger partial charge is 0.165 e. The van der Waals surface area contributed by atoms with Gasteiger partial charge in [0, 0.05) is 56.4 Å². The summed E-state index contributed by atoms with van der Waals surface area (Å²) >= 11 is 0. The van der Waals surface area contributed by atoms with Gasteiger partial charge in [0.25, 0.3) is 0 Å². The van der Waals surface area contributed by atoms with E-state index in [9.17, 15) is 0 Å². The van der Waals surface area contributed by atoms with Crippen LogP contribution in [0.5, 0.6) is 0 Å². The summed E-state index contributed by atoms with van der Waals surface area (Å²) in [5.41, 5.74) is 6.21. The highest BCUT2D eigenvalue weighted by Crippen LogP contribution is 2.24. The molecule has 0 N–H and O–H groups in total. The summed E-state index contributed by atoms with van der Waals surface area (Å²) < 4.78 is 2.14. The largest absolute Gasteiger partial charge is 0.304 e. The van der Waals surface area contributed by atoms with Gasteiger partial charge in [-0.05, 0) is 55.9 Å². The summed E-state index contributed by atoms with van der Waals surface area (Å²) in [5.74, 6) is 0.941. The van der Waals surface area contributed by atoms with E-state index >= 15 is 0 Å². The molecule has 6 heteroatoms. The monoisotopic (exact) mass is 398 g/mol. The number of hydrogen-bond donors (Lipinski definition) is 0. The quantitative estimate of drug-likeness (QED) is 0.526. The van der Waals surface area contributed by atoms with E-state index in [1.807, 2.05) is 31.2 Å². The fourth-order valence-electron chi connectivity index (χ4n) is 4.08. The second-order valence-corrected chi connectivity index (χ2v) is 8.02. The minimum Gasteiger partial charge on any atom is -0.304 e. The molecule has 0 atom stereocenters. The van der Waals surface area contributed by atoms with Gasteiger partial charge in [0.2, 0.25) is 0 Å². The van der Waals surface area contributed by atoms with E-state index in [0.29, 0.717) is 0 Å². The summed E-state index contributed by atoms with van der Waals surface area (Å²) in [6, 6.07) is 16.8. The fraction of sp³-hybridized carbons (Fsp3) is 0.292. The van der Waals surface area contributed by atoms with E-state index in [-0.39, 0.29) is 0 Å². The predicted octanol–water partition coefficient (Wildman–Crippen LogP) is 3.54. The minimum atomic E-state index is 0.883. The van der Waals surface area contributed by atoms with Crippen LogP contribution in [-0.4, -0.2) is 62.5 Å². The van der Waals surface area contributed by atoms with Crippen molar-refractivity contribution in [2.45, 2.75) is 13.5 Å². The Hall–Kier alpha value is -3.09. The highest BCUT2D eigenvalue weighted by molar-refractivity contribution is 5.78. The second kappa shape index (κ2) is 7.97. The lowest BCUT2D eigenvalue weighted by molar-refractivity contribution is 0.148. The van der Waals surface area contributed by atoms with Crippen molar-refractivity contribution in [2.24, 2.45) is 0 Å². The third-order valence-electron chi connectivity index (χ3n) is 5.84. The Kier molecular flexibility index (Phi) is 5.02. The summed E-state index contributed by atoms with van der Waals surface area (Å²) in [5, 5.41) is 0. The molecule has 0 spiro atoms. The van der Waals surface area contributed by atoms with Crippen LogP contribution >= 0.6 is 0 Å². The molecular formula is C24H26N6. The standard InChI is InChI=1S/C24H26N6/c1-18-26-23-8-7-22(20-9-11-25-12-10-20)27-24(23)30(18)21-5-3-19(4-6-21)17-29-15-13-28(2)14-16-29/h3-12H,13-17H2,1-2H3. The summed E-state index contributed by atoms with van der Waals surface area (Å²) in [4.78, 5) is 18.7. The number of hydrogen-bond acceptors (Lipinski definition) is 5. The molecular weight excluding hydrogens is 372 g/mol. The van der Waals surface area contributed by atoms with Crippen LogP contribution in [-0.2, 0) is 6.54 Å². The molecule has 30 heavy (non-hydrogen) atoms. The molecule has 0 unspecified atom stereocenters. The molecule has 0 radical (unpaired) electrons. The predicted molar refractivity (Wildman–Crippen MR) is 120 cm³/mol. The number of aromatic nitrogens is 4. The number of likely N-dealkylation sites (N-methyl/N-ethyl adjacent to an activating group) is 1. The Morgan fingerprint density at radius 2 is 1.57 bits per heavy atom. The number of aryl methyl sites for hydroxylation is 1. The highest BCUT2D eigenvalue weighted by Gasteiger charge is 2.15. The molecule has 152 valence electrons. The minimum absolute atomic E-state index is 0.883. The summed E-state index contributed by atoms with van der Waals surface area (Å²) in [6.07, 6.45) is 3.59. The van der Waals surface area contributed by atoms with Crippen molar-refractivity contribution in [3.8, 4) is 16.9 Å². The molecule has 0 bridgehead atoms. The maximum atomic E-state index is 4.93. The van der Waals surface area contributed by atoms with Crippen molar-refractivity contribution in [3.63, 3.8) is 0 Å². The van der Waals surface area contributed by atoms with Crippen molar-refractivity contribution >= 4 is 11.2 Å². The summed E-state index contributed by atoms with van der Waals surface area (Å²) in [6.45, 7) is 7.58. The number of pyridine rings is 2. The SMILES string of the molecule is Cc1nc2ccc(-c3ccncc3)nc2n1-c1ccc(CN2CCN(C)CC2)cc1. The lowest BCUT2D eigenvalue weighted by Crippen LogP contribution is -2.43. The van der Waals surface area contributed by atoms with Gasteiger partial charge in [0.1, 0.15) is 11.3 Å². The molecule has 1 aromatic carbocycles. The molecule has 1 aliphatic heterocycles. The number of fused-ring (bicyclic) bond motifs is 1. The highest BCUT2D eigenvalue weighted by atomic mass is 15.2. The maximum Gasteiger partial charge on any atom is 0.165 e. The Balaban J connectivity index is 1.44.